The maximum Gasteiger partial charge on any atom is 0.326 e. The van der Waals surface area contributed by atoms with Gasteiger partial charge in [-0.2, -0.15) is 17.0 Å². The number of rotatable bonds is 9. The minimum atomic E-state index is -1.11. The lowest BCUT2D eigenvalue weighted by Crippen LogP contribution is -2.34. The molecule has 1 amide bonds. The van der Waals surface area contributed by atoms with Crippen LogP contribution in [0.1, 0.15) is 6.42 Å². The third-order valence-electron chi connectivity index (χ3n) is 3.05. The summed E-state index contributed by atoms with van der Waals surface area (Å²) in [6.07, 6.45) is 3.14. The Bertz CT molecular complexity index is 729. The molecule has 10 heteroatoms. The second kappa shape index (κ2) is 9.94. The topological polar surface area (TPSA) is 145 Å². The fraction of sp³-hybridized carbons (Fsp3) is 0.267. The molecule has 1 rings (SSSR count). The number of nitriles is 1. The first-order valence-electron chi connectivity index (χ1n) is 7.03. The molecule has 0 heterocycles. The molecule has 132 valence electrons. The molecule has 0 radical (unpaired) electrons. The van der Waals surface area contributed by atoms with Crippen molar-refractivity contribution in [1.29, 1.82) is 5.26 Å². The Balaban J connectivity index is 2.89. The molecule has 0 fully saturated rings. The fourth-order valence-corrected chi connectivity index (χ4v) is 2.25. The van der Waals surface area contributed by atoms with Crippen molar-refractivity contribution in [2.24, 2.45) is 0 Å². The first-order chi connectivity index (χ1) is 11.9. The monoisotopic (exact) mass is 364 g/mol. The molecule has 0 saturated heterocycles. The number of carboxylic acids is 1. The van der Waals surface area contributed by atoms with Crippen LogP contribution in [0.5, 0.6) is 0 Å². The number of thioether (sulfide) groups is 1. The van der Waals surface area contributed by atoms with E-state index < -0.39 is 28.4 Å². The van der Waals surface area contributed by atoms with Crippen LogP contribution in [-0.4, -0.2) is 40.0 Å². The maximum absolute atomic E-state index is 12.1. The Hall–Kier alpha value is -3.06. The van der Waals surface area contributed by atoms with Crippen LogP contribution in [0.3, 0.4) is 0 Å². The molecule has 0 aliphatic heterocycles. The van der Waals surface area contributed by atoms with Crippen LogP contribution in [0.15, 0.2) is 36.0 Å². The van der Waals surface area contributed by atoms with Crippen LogP contribution in [0.4, 0.5) is 11.4 Å². The number of amides is 1. The van der Waals surface area contributed by atoms with Gasteiger partial charge in [-0.25, -0.2) is 4.79 Å². The number of nitrogens with zero attached hydrogens (tertiary/aromatic N) is 2. The highest BCUT2D eigenvalue weighted by Crippen LogP contribution is 2.23. The van der Waals surface area contributed by atoms with E-state index in [9.17, 15) is 19.7 Å². The van der Waals surface area contributed by atoms with Crippen molar-refractivity contribution in [2.75, 3.05) is 17.3 Å². The average molecular weight is 364 g/mol. The van der Waals surface area contributed by atoms with Gasteiger partial charge in [0.2, 0.25) is 0 Å². The van der Waals surface area contributed by atoms with E-state index >= 15 is 0 Å². The first-order valence-corrected chi connectivity index (χ1v) is 8.43. The summed E-state index contributed by atoms with van der Waals surface area (Å²) in [5.41, 5.74) is -0.770. The lowest BCUT2D eigenvalue weighted by Gasteiger charge is -2.12. The molecule has 25 heavy (non-hydrogen) atoms. The number of benzene rings is 1. The molecule has 0 bridgehead atoms. The Morgan fingerprint density at radius 1 is 1.48 bits per heavy atom. The third-order valence-corrected chi connectivity index (χ3v) is 3.70. The second-order valence-electron chi connectivity index (χ2n) is 4.74. The number of carbonyl (C=O) groups is 2. The third kappa shape index (κ3) is 6.15. The normalized spacial score (nSPS) is 11.9. The van der Waals surface area contributed by atoms with Crippen molar-refractivity contribution in [3.63, 3.8) is 0 Å². The number of para-hydroxylation sites is 2. The van der Waals surface area contributed by atoms with E-state index in [0.29, 0.717) is 12.2 Å². The second-order valence-corrected chi connectivity index (χ2v) is 5.72. The summed E-state index contributed by atoms with van der Waals surface area (Å²) in [7, 11) is 0. The first kappa shape index (κ1) is 20.0. The van der Waals surface area contributed by atoms with E-state index in [2.05, 4.69) is 10.6 Å². The number of nitrogens with one attached hydrogen (secondary N) is 2. The smallest absolute Gasteiger partial charge is 0.326 e. The quantitative estimate of drug-likeness (QED) is 0.260. The van der Waals surface area contributed by atoms with E-state index in [1.165, 1.54) is 36.0 Å². The van der Waals surface area contributed by atoms with Gasteiger partial charge in [0.15, 0.2) is 0 Å². The Kier molecular flexibility index (Phi) is 7.95. The highest BCUT2D eigenvalue weighted by molar-refractivity contribution is 7.98. The molecular formula is C15H16N4O5S. The lowest BCUT2D eigenvalue weighted by molar-refractivity contribution is -0.383. The van der Waals surface area contributed by atoms with Crippen LogP contribution >= 0.6 is 11.8 Å². The minimum Gasteiger partial charge on any atom is -0.480 e. The van der Waals surface area contributed by atoms with Crippen molar-refractivity contribution in [2.45, 2.75) is 12.5 Å². The van der Waals surface area contributed by atoms with Gasteiger partial charge >= 0.3 is 5.97 Å². The van der Waals surface area contributed by atoms with Gasteiger partial charge in [-0.05, 0) is 24.5 Å². The van der Waals surface area contributed by atoms with E-state index in [1.54, 1.807) is 6.07 Å². The van der Waals surface area contributed by atoms with E-state index in [4.69, 9.17) is 10.4 Å². The van der Waals surface area contributed by atoms with Gasteiger partial charge in [-0.3, -0.25) is 14.9 Å². The van der Waals surface area contributed by atoms with Crippen molar-refractivity contribution in [3.8, 4) is 6.07 Å². The van der Waals surface area contributed by atoms with E-state index in [0.717, 1.165) is 6.20 Å². The maximum atomic E-state index is 12.1. The van der Waals surface area contributed by atoms with Crippen LogP contribution < -0.4 is 10.6 Å². The Labute approximate surface area is 147 Å². The molecular weight excluding hydrogens is 348 g/mol. The number of hydrogen-bond acceptors (Lipinski definition) is 7. The summed E-state index contributed by atoms with van der Waals surface area (Å²) in [5, 5.41) is 33.9. The molecule has 0 saturated carbocycles. The number of hydrogen-bond donors (Lipinski definition) is 3. The standard InChI is InChI=1S/C15H16N4O5S/c1-25-7-6-12(15(21)22)17-9-10(8-16)14(20)18-11-4-2-3-5-13(11)19(23)24/h2-5,9,12,17H,6-7H2,1H3,(H,18,20)(H,21,22)/b10-9-. The molecule has 1 aromatic rings. The van der Waals surface area contributed by atoms with Crippen LogP contribution in [0.2, 0.25) is 0 Å². The van der Waals surface area contributed by atoms with Gasteiger partial charge in [0.1, 0.15) is 23.4 Å². The zero-order chi connectivity index (χ0) is 18.8. The van der Waals surface area contributed by atoms with Crippen molar-refractivity contribution in [3.05, 3.63) is 46.2 Å². The van der Waals surface area contributed by atoms with Crippen molar-refractivity contribution in [1.82, 2.24) is 5.32 Å². The Morgan fingerprint density at radius 2 is 2.16 bits per heavy atom. The highest BCUT2D eigenvalue weighted by atomic mass is 32.2. The molecule has 0 spiro atoms. The predicted octanol–water partition coefficient (Wildman–Crippen LogP) is 1.74. The molecule has 1 unspecified atom stereocenters. The zero-order valence-electron chi connectivity index (χ0n) is 13.3. The number of anilines is 1. The molecule has 3 N–H and O–H groups in total. The number of nitro groups is 1. The molecule has 1 aromatic carbocycles. The molecule has 9 nitrogen and oxygen atoms in total. The molecule has 0 aliphatic carbocycles. The predicted molar refractivity (Wildman–Crippen MR) is 93.0 cm³/mol. The van der Waals surface area contributed by atoms with Crippen LogP contribution in [-0.2, 0) is 9.59 Å². The minimum absolute atomic E-state index is 0.0594. The summed E-state index contributed by atoms with van der Waals surface area (Å²) in [6.45, 7) is 0. The van der Waals surface area contributed by atoms with Gasteiger partial charge in [0.05, 0.1) is 4.92 Å². The molecule has 1 atom stereocenters. The summed E-state index contributed by atoms with van der Waals surface area (Å²) >= 11 is 1.47. The van der Waals surface area contributed by atoms with Crippen molar-refractivity contribution >= 4 is 35.0 Å². The van der Waals surface area contributed by atoms with Gasteiger partial charge < -0.3 is 15.7 Å². The SMILES string of the molecule is CSCCC(N/C=C(/C#N)C(=O)Nc1ccccc1[N+](=O)[O-])C(=O)O. The Morgan fingerprint density at radius 3 is 2.72 bits per heavy atom. The summed E-state index contributed by atoms with van der Waals surface area (Å²) in [4.78, 5) is 33.5. The molecule has 0 aliphatic rings. The summed E-state index contributed by atoms with van der Waals surface area (Å²) in [5.74, 6) is -1.40. The summed E-state index contributed by atoms with van der Waals surface area (Å²) < 4.78 is 0. The van der Waals surface area contributed by atoms with Crippen LogP contribution in [0.25, 0.3) is 0 Å². The van der Waals surface area contributed by atoms with E-state index in [1.807, 2.05) is 6.26 Å². The highest BCUT2D eigenvalue weighted by Gasteiger charge is 2.19. The number of nitro benzene ring substituents is 1. The fourth-order valence-electron chi connectivity index (χ4n) is 1.77. The number of carboxylic acid groups (broad SMARTS) is 1. The van der Waals surface area contributed by atoms with Crippen molar-refractivity contribution < 1.29 is 19.6 Å². The van der Waals surface area contributed by atoms with Crippen LogP contribution in [0, 0.1) is 21.4 Å². The average Bonchev–Trinajstić information content (AvgIpc) is 2.58. The van der Waals surface area contributed by atoms with Gasteiger partial charge in [-0.15, -0.1) is 0 Å². The largest absolute Gasteiger partial charge is 0.480 e. The number of aliphatic carboxylic acids is 1. The zero-order valence-corrected chi connectivity index (χ0v) is 14.1. The number of carbonyl (C=O) groups excluding carboxylic acids is 1. The summed E-state index contributed by atoms with van der Waals surface area (Å²) in [6, 6.07) is 6.18. The lowest BCUT2D eigenvalue weighted by atomic mass is 10.2. The van der Waals surface area contributed by atoms with Gasteiger partial charge in [0, 0.05) is 12.3 Å². The van der Waals surface area contributed by atoms with E-state index in [-0.39, 0.29) is 11.4 Å². The van der Waals surface area contributed by atoms with Gasteiger partial charge in [0.25, 0.3) is 11.6 Å². The van der Waals surface area contributed by atoms with Gasteiger partial charge in [-0.1, -0.05) is 12.1 Å². The molecule has 0 aromatic heterocycles.